The Morgan fingerprint density at radius 1 is 1.04 bits per heavy atom. The van der Waals surface area contributed by atoms with Crippen molar-refractivity contribution in [2.45, 2.75) is 89.0 Å². The van der Waals surface area contributed by atoms with E-state index in [1.807, 2.05) is 6.08 Å². The van der Waals surface area contributed by atoms with Gasteiger partial charge in [0.05, 0.1) is 18.2 Å². The quantitative estimate of drug-likeness (QED) is 0.740. The third-order valence-electron chi connectivity index (χ3n) is 7.09. The molecule has 4 rings (SSSR count). The van der Waals surface area contributed by atoms with Gasteiger partial charge in [0, 0.05) is 19.1 Å². The molecule has 2 saturated carbocycles. The van der Waals surface area contributed by atoms with E-state index in [1.54, 1.807) is 0 Å². The van der Waals surface area contributed by atoms with Crippen LogP contribution in [0, 0.1) is 11.8 Å². The molecule has 2 heterocycles. The highest BCUT2D eigenvalue weighted by Gasteiger charge is 2.49. The number of fused-ring (bicyclic) bond motifs is 1. The highest BCUT2D eigenvalue weighted by atomic mass is 16.2. The number of carbonyl (C=O) groups excluding carboxylic acids is 1. The Hall–Kier alpha value is -0.910. The Kier molecular flexibility index (Phi) is 5.97. The number of rotatable bonds is 5. The van der Waals surface area contributed by atoms with Gasteiger partial charge in [0.1, 0.15) is 0 Å². The minimum Gasteiger partial charge on any atom is -0.323 e. The fraction of sp³-hybridized carbons (Fsp3) is 0.857. The second-order valence-electron chi connectivity index (χ2n) is 8.81. The molecule has 2 saturated heterocycles. The van der Waals surface area contributed by atoms with Gasteiger partial charge in [-0.3, -0.25) is 15.5 Å². The molecule has 2 aliphatic heterocycles. The average Bonchev–Trinajstić information content (AvgIpc) is 3.10. The van der Waals surface area contributed by atoms with E-state index in [0.717, 1.165) is 18.9 Å². The highest BCUT2D eigenvalue weighted by molar-refractivity contribution is 5.81. The van der Waals surface area contributed by atoms with Crippen molar-refractivity contribution >= 4 is 5.91 Å². The van der Waals surface area contributed by atoms with Gasteiger partial charge in [-0.15, -0.1) is 6.58 Å². The lowest BCUT2D eigenvalue weighted by atomic mass is 9.85. The Morgan fingerprint density at radius 3 is 2.42 bits per heavy atom. The van der Waals surface area contributed by atoms with Gasteiger partial charge < -0.3 is 4.90 Å². The maximum absolute atomic E-state index is 13.2. The molecule has 0 aromatic carbocycles. The van der Waals surface area contributed by atoms with Crippen LogP contribution in [0.1, 0.15) is 70.6 Å². The monoisotopic (exact) mass is 360 g/mol. The van der Waals surface area contributed by atoms with E-state index in [9.17, 15) is 4.79 Å². The molecule has 146 valence electrons. The molecular formula is C21H36N4O. The summed E-state index contributed by atoms with van der Waals surface area (Å²) in [5, 5.41) is 6.31. The van der Waals surface area contributed by atoms with Crippen LogP contribution in [0.25, 0.3) is 0 Å². The van der Waals surface area contributed by atoms with Gasteiger partial charge in [0.2, 0.25) is 5.91 Å². The van der Waals surface area contributed by atoms with Crippen LogP contribution in [0.2, 0.25) is 0 Å². The minimum atomic E-state index is 0.0412. The first-order chi connectivity index (χ1) is 12.8. The normalized spacial score (nSPS) is 34.8. The molecule has 0 radical (unpaired) electrons. The lowest BCUT2D eigenvalue weighted by Gasteiger charge is -2.46. The van der Waals surface area contributed by atoms with Crippen LogP contribution in [0.3, 0.4) is 0 Å². The average molecular weight is 361 g/mol. The predicted molar refractivity (Wildman–Crippen MR) is 104 cm³/mol. The molecule has 3 unspecified atom stereocenters. The molecule has 0 spiro atoms. The summed E-state index contributed by atoms with van der Waals surface area (Å²) >= 11 is 0. The van der Waals surface area contributed by atoms with Gasteiger partial charge in [0.25, 0.3) is 0 Å². The summed E-state index contributed by atoms with van der Waals surface area (Å²) in [6.07, 6.45) is 16.6. The number of hydrazine groups is 1. The number of hydrogen-bond acceptors (Lipinski definition) is 4. The first-order valence-electron chi connectivity index (χ1n) is 11.0. The summed E-state index contributed by atoms with van der Waals surface area (Å²) in [6.45, 7) is 5.33. The lowest BCUT2D eigenvalue weighted by molar-refractivity contribution is -0.146. The van der Waals surface area contributed by atoms with E-state index >= 15 is 0 Å². The van der Waals surface area contributed by atoms with Crippen molar-refractivity contribution in [1.29, 1.82) is 0 Å². The Labute approximate surface area is 158 Å². The van der Waals surface area contributed by atoms with Crippen LogP contribution in [0.5, 0.6) is 0 Å². The van der Waals surface area contributed by atoms with Gasteiger partial charge in [-0.25, -0.2) is 5.01 Å². The third kappa shape index (κ3) is 3.71. The number of nitrogens with one attached hydrogen (secondary N) is 2. The summed E-state index contributed by atoms with van der Waals surface area (Å²) in [4.78, 5) is 15.3. The third-order valence-corrected chi connectivity index (χ3v) is 7.09. The summed E-state index contributed by atoms with van der Waals surface area (Å²) in [6, 6.07) is 0.584. The SMILES string of the molecule is C=CCN1C(=O)C2CNN(C3CCCCC3)C2NC1CC1CCCCC1. The molecule has 26 heavy (non-hydrogen) atoms. The van der Waals surface area contributed by atoms with Gasteiger partial charge in [-0.05, 0) is 25.2 Å². The molecule has 0 aromatic heterocycles. The van der Waals surface area contributed by atoms with Crippen molar-refractivity contribution in [3.05, 3.63) is 12.7 Å². The Morgan fingerprint density at radius 2 is 1.73 bits per heavy atom. The number of nitrogens with zero attached hydrogens (tertiary/aromatic N) is 2. The topological polar surface area (TPSA) is 47.6 Å². The zero-order valence-electron chi connectivity index (χ0n) is 16.2. The molecule has 5 nitrogen and oxygen atoms in total. The number of hydrogen-bond donors (Lipinski definition) is 2. The summed E-state index contributed by atoms with van der Waals surface area (Å²) < 4.78 is 0. The molecule has 0 aromatic rings. The van der Waals surface area contributed by atoms with Crippen LogP contribution >= 0.6 is 0 Å². The zero-order valence-corrected chi connectivity index (χ0v) is 16.2. The second kappa shape index (κ2) is 8.41. The Balaban J connectivity index is 1.48. The van der Waals surface area contributed by atoms with Gasteiger partial charge in [-0.2, -0.15) is 0 Å². The molecule has 0 bridgehead atoms. The second-order valence-corrected chi connectivity index (χ2v) is 8.81. The first-order valence-corrected chi connectivity index (χ1v) is 11.0. The van der Waals surface area contributed by atoms with Gasteiger partial charge >= 0.3 is 0 Å². The van der Waals surface area contributed by atoms with E-state index in [1.165, 1.54) is 64.2 Å². The molecule has 4 fully saturated rings. The first kappa shape index (κ1) is 18.5. The van der Waals surface area contributed by atoms with Crippen LogP contribution in [0.15, 0.2) is 12.7 Å². The molecule has 1 amide bonds. The van der Waals surface area contributed by atoms with E-state index in [2.05, 4.69) is 27.2 Å². The smallest absolute Gasteiger partial charge is 0.231 e. The molecular weight excluding hydrogens is 324 g/mol. The maximum Gasteiger partial charge on any atom is 0.231 e. The van der Waals surface area contributed by atoms with Gasteiger partial charge in [-0.1, -0.05) is 57.4 Å². The van der Waals surface area contributed by atoms with Crippen molar-refractivity contribution < 1.29 is 4.79 Å². The molecule has 3 atom stereocenters. The summed E-state index contributed by atoms with van der Waals surface area (Å²) in [5.41, 5.74) is 3.58. The van der Waals surface area contributed by atoms with Crippen LogP contribution in [-0.4, -0.2) is 47.3 Å². The van der Waals surface area contributed by atoms with E-state index < -0.39 is 0 Å². The standard InChI is InChI=1S/C21H36N4O/c1-2-13-24-19(14-16-9-5-3-6-10-16)23-20-18(21(24)26)15-22-25(20)17-11-7-4-8-12-17/h2,16-20,22-23H,1,3-15H2. The highest BCUT2D eigenvalue weighted by Crippen LogP contribution is 2.34. The van der Waals surface area contributed by atoms with Crippen molar-refractivity contribution in [2.24, 2.45) is 11.8 Å². The number of carbonyl (C=O) groups is 1. The van der Waals surface area contributed by atoms with Crippen molar-refractivity contribution in [3.63, 3.8) is 0 Å². The van der Waals surface area contributed by atoms with Crippen molar-refractivity contribution in [1.82, 2.24) is 20.7 Å². The largest absolute Gasteiger partial charge is 0.323 e. The molecule has 4 aliphatic rings. The number of amides is 1. The van der Waals surface area contributed by atoms with E-state index in [4.69, 9.17) is 0 Å². The fourth-order valence-corrected chi connectivity index (χ4v) is 5.69. The van der Waals surface area contributed by atoms with Crippen LogP contribution < -0.4 is 10.7 Å². The summed E-state index contributed by atoms with van der Waals surface area (Å²) in [5.74, 6) is 1.12. The van der Waals surface area contributed by atoms with Crippen LogP contribution in [0.4, 0.5) is 0 Å². The van der Waals surface area contributed by atoms with Gasteiger partial charge in [0.15, 0.2) is 0 Å². The maximum atomic E-state index is 13.2. The molecule has 2 N–H and O–H groups in total. The predicted octanol–water partition coefficient (Wildman–Crippen LogP) is 3.00. The fourth-order valence-electron chi connectivity index (χ4n) is 5.69. The minimum absolute atomic E-state index is 0.0412. The molecule has 5 heteroatoms. The van der Waals surface area contributed by atoms with E-state index in [0.29, 0.717) is 18.5 Å². The summed E-state index contributed by atoms with van der Waals surface area (Å²) in [7, 11) is 0. The molecule has 2 aliphatic carbocycles. The zero-order chi connectivity index (χ0) is 17.9. The van der Waals surface area contributed by atoms with Crippen molar-refractivity contribution in [2.75, 3.05) is 13.1 Å². The Bertz CT molecular complexity index is 498. The lowest BCUT2D eigenvalue weighted by Crippen LogP contribution is -2.66. The van der Waals surface area contributed by atoms with Crippen LogP contribution in [-0.2, 0) is 4.79 Å². The van der Waals surface area contributed by atoms with Crippen molar-refractivity contribution in [3.8, 4) is 0 Å². The van der Waals surface area contributed by atoms with E-state index in [-0.39, 0.29) is 18.2 Å².